The second-order valence-corrected chi connectivity index (χ2v) is 4.76. The predicted molar refractivity (Wildman–Crippen MR) is 61.3 cm³/mol. The van der Waals surface area contributed by atoms with Gasteiger partial charge in [-0.2, -0.15) is 13.2 Å². The third-order valence-electron chi connectivity index (χ3n) is 2.70. The Morgan fingerprint density at radius 3 is 2.05 bits per heavy atom. The zero-order valence-corrected chi connectivity index (χ0v) is 11.5. The van der Waals surface area contributed by atoms with E-state index in [1.54, 1.807) is 20.8 Å². The summed E-state index contributed by atoms with van der Waals surface area (Å²) in [6, 6.07) is 0. The van der Waals surface area contributed by atoms with Crippen LogP contribution < -0.4 is 0 Å². The molecular weight excluding hydrogens is 265 g/mol. The van der Waals surface area contributed by atoms with Crippen LogP contribution in [-0.2, 0) is 19.1 Å². The fourth-order valence-electron chi connectivity index (χ4n) is 0.977. The van der Waals surface area contributed by atoms with Crippen LogP contribution in [0.5, 0.6) is 0 Å². The first-order valence-corrected chi connectivity index (χ1v) is 5.98. The zero-order chi connectivity index (χ0) is 15.3. The van der Waals surface area contributed by atoms with Crippen LogP contribution in [0.1, 0.15) is 40.5 Å². The van der Waals surface area contributed by atoms with E-state index in [-0.39, 0.29) is 6.42 Å². The summed E-state index contributed by atoms with van der Waals surface area (Å²) in [6.45, 7) is 4.86. The molecular formula is C12H19F3O4. The van der Waals surface area contributed by atoms with Gasteiger partial charge < -0.3 is 9.47 Å². The second kappa shape index (κ2) is 6.77. The number of hydrogen-bond acceptors (Lipinski definition) is 4. The molecule has 0 radical (unpaired) electrons. The minimum absolute atomic E-state index is 0.0578. The first-order chi connectivity index (χ1) is 8.53. The van der Waals surface area contributed by atoms with Crippen molar-refractivity contribution in [2.75, 3.05) is 6.61 Å². The Balaban J connectivity index is 4.51. The van der Waals surface area contributed by atoms with Gasteiger partial charge in [-0.25, -0.2) is 4.79 Å². The van der Waals surface area contributed by atoms with E-state index >= 15 is 0 Å². The lowest BCUT2D eigenvalue weighted by Crippen LogP contribution is -2.36. The van der Waals surface area contributed by atoms with Gasteiger partial charge in [0.05, 0.1) is 5.41 Å². The lowest BCUT2D eigenvalue weighted by atomic mass is 9.90. The summed E-state index contributed by atoms with van der Waals surface area (Å²) in [5, 5.41) is 0. The van der Waals surface area contributed by atoms with E-state index in [1.807, 2.05) is 0 Å². The summed E-state index contributed by atoms with van der Waals surface area (Å²) in [6.07, 6.45) is -5.36. The number of ether oxygens (including phenoxy) is 2. The smallest absolute Gasteiger partial charge is 0.422 e. The normalized spacial score (nSPS) is 13.8. The Labute approximate surface area is 110 Å². The van der Waals surface area contributed by atoms with E-state index in [4.69, 9.17) is 4.74 Å². The van der Waals surface area contributed by atoms with Crippen molar-refractivity contribution < 1.29 is 32.2 Å². The largest absolute Gasteiger partial charge is 0.453 e. The summed E-state index contributed by atoms with van der Waals surface area (Å²) in [5.74, 6) is -1.81. The van der Waals surface area contributed by atoms with Gasteiger partial charge in [0, 0.05) is 0 Å². The number of carbonyl (C=O) groups is 2. The predicted octanol–water partition coefficient (Wildman–Crippen LogP) is 2.85. The topological polar surface area (TPSA) is 52.6 Å². The quantitative estimate of drug-likeness (QED) is 0.704. The maximum Gasteiger partial charge on any atom is 0.422 e. The average molecular weight is 284 g/mol. The molecule has 112 valence electrons. The van der Waals surface area contributed by atoms with Crippen molar-refractivity contribution in [3.8, 4) is 0 Å². The van der Waals surface area contributed by atoms with Crippen LogP contribution in [0.2, 0.25) is 0 Å². The van der Waals surface area contributed by atoms with Crippen LogP contribution in [0.4, 0.5) is 13.2 Å². The van der Waals surface area contributed by atoms with Crippen molar-refractivity contribution in [3.05, 3.63) is 0 Å². The number of carbonyl (C=O) groups excluding carboxylic acids is 2. The second-order valence-electron chi connectivity index (χ2n) is 4.76. The molecule has 4 nitrogen and oxygen atoms in total. The number of rotatable bonds is 6. The molecule has 7 heteroatoms. The highest BCUT2D eigenvalue weighted by Gasteiger charge is 2.34. The van der Waals surface area contributed by atoms with E-state index in [1.165, 1.54) is 6.92 Å². The van der Waals surface area contributed by atoms with E-state index in [0.29, 0.717) is 6.42 Å². The molecule has 19 heavy (non-hydrogen) atoms. The number of alkyl halides is 3. The van der Waals surface area contributed by atoms with E-state index < -0.39 is 36.2 Å². The SMILES string of the molecule is CCC(OC(=O)C(C)(C)CC)C(=O)OCC(F)(F)F. The van der Waals surface area contributed by atoms with Crippen LogP contribution in [-0.4, -0.2) is 30.8 Å². The molecule has 0 aromatic carbocycles. The van der Waals surface area contributed by atoms with Crippen LogP contribution >= 0.6 is 0 Å². The molecule has 0 aliphatic rings. The van der Waals surface area contributed by atoms with E-state index in [2.05, 4.69) is 4.74 Å². The molecule has 0 N–H and O–H groups in total. The van der Waals surface area contributed by atoms with E-state index in [9.17, 15) is 22.8 Å². The van der Waals surface area contributed by atoms with Gasteiger partial charge in [0.25, 0.3) is 0 Å². The Kier molecular flexibility index (Phi) is 6.32. The van der Waals surface area contributed by atoms with Crippen LogP contribution in [0.3, 0.4) is 0 Å². The van der Waals surface area contributed by atoms with E-state index in [0.717, 1.165) is 0 Å². The third-order valence-corrected chi connectivity index (χ3v) is 2.70. The summed E-state index contributed by atoms with van der Waals surface area (Å²) in [4.78, 5) is 23.1. The van der Waals surface area contributed by atoms with Crippen molar-refractivity contribution in [2.45, 2.75) is 52.8 Å². The lowest BCUT2D eigenvalue weighted by Gasteiger charge is -2.24. The molecule has 0 rings (SSSR count). The van der Waals surface area contributed by atoms with Gasteiger partial charge in [0.2, 0.25) is 0 Å². The Hall–Kier alpha value is -1.27. The first kappa shape index (κ1) is 17.7. The number of hydrogen-bond donors (Lipinski definition) is 0. The van der Waals surface area contributed by atoms with Crippen LogP contribution in [0.25, 0.3) is 0 Å². The monoisotopic (exact) mass is 284 g/mol. The maximum absolute atomic E-state index is 11.9. The van der Waals surface area contributed by atoms with Crippen LogP contribution in [0.15, 0.2) is 0 Å². The van der Waals surface area contributed by atoms with Gasteiger partial charge >= 0.3 is 18.1 Å². The molecule has 0 fully saturated rings. The van der Waals surface area contributed by atoms with Gasteiger partial charge in [0.1, 0.15) is 0 Å². The third kappa shape index (κ3) is 6.45. The summed E-state index contributed by atoms with van der Waals surface area (Å²) in [7, 11) is 0. The molecule has 0 aliphatic carbocycles. The van der Waals surface area contributed by atoms with Gasteiger partial charge in [-0.15, -0.1) is 0 Å². The molecule has 1 atom stereocenters. The van der Waals surface area contributed by atoms with Gasteiger partial charge in [0.15, 0.2) is 12.7 Å². The van der Waals surface area contributed by atoms with Gasteiger partial charge in [-0.05, 0) is 26.7 Å². The Morgan fingerprint density at radius 2 is 1.68 bits per heavy atom. The fourth-order valence-corrected chi connectivity index (χ4v) is 0.977. The van der Waals surface area contributed by atoms with Crippen molar-refractivity contribution in [1.82, 2.24) is 0 Å². The van der Waals surface area contributed by atoms with Gasteiger partial charge in [-0.1, -0.05) is 13.8 Å². The molecule has 0 bridgehead atoms. The first-order valence-electron chi connectivity index (χ1n) is 5.98. The molecule has 0 spiro atoms. The number of esters is 2. The van der Waals surface area contributed by atoms with Crippen LogP contribution in [0, 0.1) is 5.41 Å². The highest BCUT2D eigenvalue weighted by atomic mass is 19.4. The maximum atomic E-state index is 11.9. The molecule has 0 aromatic heterocycles. The summed E-state index contributed by atoms with van der Waals surface area (Å²) in [5.41, 5.74) is -0.794. The Bertz CT molecular complexity index is 323. The van der Waals surface area contributed by atoms with Crippen molar-refractivity contribution in [1.29, 1.82) is 0 Å². The molecule has 0 saturated heterocycles. The summed E-state index contributed by atoms with van der Waals surface area (Å²) >= 11 is 0. The molecule has 0 aliphatic heterocycles. The molecule has 0 amide bonds. The highest BCUT2D eigenvalue weighted by Crippen LogP contribution is 2.23. The molecule has 0 saturated carbocycles. The minimum Gasteiger partial charge on any atom is -0.453 e. The van der Waals surface area contributed by atoms with Crippen molar-refractivity contribution in [3.63, 3.8) is 0 Å². The minimum atomic E-state index is -4.60. The summed E-state index contributed by atoms with van der Waals surface area (Å²) < 4.78 is 44.7. The molecule has 1 unspecified atom stereocenters. The lowest BCUT2D eigenvalue weighted by molar-refractivity contribution is -0.196. The van der Waals surface area contributed by atoms with Crippen molar-refractivity contribution >= 4 is 11.9 Å². The average Bonchev–Trinajstić information content (AvgIpc) is 2.31. The Morgan fingerprint density at radius 1 is 1.16 bits per heavy atom. The fraction of sp³-hybridized carbons (Fsp3) is 0.833. The molecule has 0 aromatic rings. The van der Waals surface area contributed by atoms with Crippen molar-refractivity contribution in [2.24, 2.45) is 5.41 Å². The van der Waals surface area contributed by atoms with Gasteiger partial charge in [-0.3, -0.25) is 4.79 Å². The molecule has 0 heterocycles. The number of halogens is 3. The standard InChI is InChI=1S/C12H19F3O4/c1-5-8(9(16)18-7-12(13,14)15)19-10(17)11(3,4)6-2/h8H,5-7H2,1-4H3. The zero-order valence-electron chi connectivity index (χ0n) is 11.5. The highest BCUT2D eigenvalue weighted by molar-refractivity contribution is 5.81.